The van der Waals surface area contributed by atoms with Crippen molar-refractivity contribution in [3.63, 3.8) is 0 Å². The van der Waals surface area contributed by atoms with E-state index in [1.807, 2.05) is 13.8 Å². The van der Waals surface area contributed by atoms with E-state index in [-0.39, 0.29) is 0 Å². The van der Waals surface area contributed by atoms with E-state index in [2.05, 4.69) is 0 Å². The zero-order valence-electron chi connectivity index (χ0n) is 3.23. The van der Waals surface area contributed by atoms with Gasteiger partial charge in [0, 0.05) is 0 Å². The van der Waals surface area contributed by atoms with Crippen LogP contribution in [0.4, 0.5) is 0 Å². The van der Waals surface area contributed by atoms with E-state index < -0.39 is 0 Å². The first-order chi connectivity index (χ1) is 2.41. The van der Waals surface area contributed by atoms with Crippen LogP contribution in [0.1, 0.15) is 0 Å². The van der Waals surface area contributed by atoms with Gasteiger partial charge in [-0.25, -0.2) is 0 Å². The van der Waals surface area contributed by atoms with Crippen molar-refractivity contribution in [3.8, 4) is 0 Å². The number of hydrogen-bond acceptors (Lipinski definition) is 1. The molecule has 1 radical (unpaired) electrons. The van der Waals surface area contributed by atoms with Crippen LogP contribution in [0.5, 0.6) is 0 Å². The lowest BCUT2D eigenvalue weighted by Gasteiger charge is -1.78. The molecule has 0 amide bonds. The molecule has 0 heterocycles. The van der Waals surface area contributed by atoms with Crippen molar-refractivity contribution in [2.75, 3.05) is 6.35 Å². The Bertz CT molecular complexity index is 17.1. The molecule has 0 aromatic rings. The Balaban J connectivity index is 2.19. The minimum absolute atomic E-state index is 0.316. The molecule has 0 aliphatic heterocycles. The maximum absolute atomic E-state index is 8.05. The van der Waals surface area contributed by atoms with Crippen molar-refractivity contribution in [2.45, 2.75) is 6.82 Å². The SMILES string of the molecule is C[B]PCO. The monoisotopic (exact) mass is 89.0 g/mol. The fraction of sp³-hybridized carbons (Fsp3) is 1.00. The Labute approximate surface area is 34.8 Å². The van der Waals surface area contributed by atoms with E-state index in [4.69, 9.17) is 5.11 Å². The van der Waals surface area contributed by atoms with Crippen LogP contribution >= 0.6 is 8.46 Å². The molecule has 3 heteroatoms. The average Bonchev–Trinajstić information content (AvgIpc) is 1.41. The molecule has 1 unspecified atom stereocenters. The van der Waals surface area contributed by atoms with Crippen LogP contribution in [0.3, 0.4) is 0 Å². The quantitative estimate of drug-likeness (QED) is 0.380. The smallest absolute Gasteiger partial charge is 0.142 e. The van der Waals surface area contributed by atoms with E-state index in [1.165, 1.54) is 0 Å². The molecule has 0 rings (SSSR count). The normalized spacial score (nSPS) is 10.0. The first-order valence-electron chi connectivity index (χ1n) is 1.54. The summed E-state index contributed by atoms with van der Waals surface area (Å²) < 4.78 is 0. The van der Waals surface area contributed by atoms with Crippen molar-refractivity contribution < 1.29 is 5.11 Å². The lowest BCUT2D eigenvalue weighted by atomic mass is 10.2. The largest absolute Gasteiger partial charge is 0.393 e. The summed E-state index contributed by atoms with van der Waals surface area (Å²) in [5.41, 5.74) is 0. The molecule has 1 nitrogen and oxygen atoms in total. The molecule has 0 bridgehead atoms. The standard InChI is InChI=1S/C2H7BOP/c1-3-5-2-4/h4-5H,2H2,1H3. The van der Waals surface area contributed by atoms with Gasteiger partial charge in [0.1, 0.15) is 7.00 Å². The van der Waals surface area contributed by atoms with Crippen LogP contribution in [0.2, 0.25) is 6.82 Å². The Hall–Kier alpha value is 0.455. The maximum Gasteiger partial charge on any atom is 0.142 e. The van der Waals surface area contributed by atoms with Gasteiger partial charge in [-0.15, -0.1) is 8.46 Å². The summed E-state index contributed by atoms with van der Waals surface area (Å²) in [7, 11) is 0.628. The highest BCUT2D eigenvalue weighted by Gasteiger charge is 1.71. The number of hydrogen-bond donors (Lipinski definition) is 1. The van der Waals surface area contributed by atoms with E-state index in [0.717, 1.165) is 0 Å². The van der Waals surface area contributed by atoms with Gasteiger partial charge in [-0.2, -0.15) is 0 Å². The third-order valence-corrected chi connectivity index (χ3v) is 0.886. The molecular formula is C2H7BOP. The van der Waals surface area contributed by atoms with Crippen LogP contribution in [0.15, 0.2) is 0 Å². The molecule has 1 N–H and O–H groups in total. The van der Waals surface area contributed by atoms with Crippen molar-refractivity contribution in [2.24, 2.45) is 0 Å². The zero-order valence-corrected chi connectivity index (χ0v) is 4.23. The van der Waals surface area contributed by atoms with E-state index in [9.17, 15) is 0 Å². The molecule has 0 aromatic heterocycles. The van der Waals surface area contributed by atoms with Crippen molar-refractivity contribution in [3.05, 3.63) is 0 Å². The van der Waals surface area contributed by atoms with Gasteiger partial charge in [-0.3, -0.25) is 0 Å². The third-order valence-electron chi connectivity index (χ3n) is 0.295. The van der Waals surface area contributed by atoms with Gasteiger partial charge >= 0.3 is 0 Å². The summed E-state index contributed by atoms with van der Waals surface area (Å²) >= 11 is 0. The Kier molecular flexibility index (Phi) is 4.86. The first-order valence-corrected chi connectivity index (χ1v) is 2.82. The van der Waals surface area contributed by atoms with E-state index in [1.54, 1.807) is 0 Å². The fourth-order valence-electron chi connectivity index (χ4n) is 0.0913. The molecule has 0 saturated carbocycles. The predicted molar refractivity (Wildman–Crippen MR) is 27.0 cm³/mol. The highest BCUT2D eigenvalue weighted by atomic mass is 31.1. The summed E-state index contributed by atoms with van der Waals surface area (Å²) in [6.07, 6.45) is 0.316. The Morgan fingerprint density at radius 2 is 2.60 bits per heavy atom. The van der Waals surface area contributed by atoms with Gasteiger partial charge in [0.2, 0.25) is 0 Å². The topological polar surface area (TPSA) is 20.2 Å². The lowest BCUT2D eigenvalue weighted by Crippen LogP contribution is -1.69. The predicted octanol–water partition coefficient (Wildman–Crippen LogP) is 0.282. The number of aliphatic hydroxyl groups is 1. The molecule has 0 aliphatic rings. The Morgan fingerprint density at radius 3 is 2.60 bits per heavy atom. The molecule has 29 valence electrons. The molecule has 1 atom stereocenters. The van der Waals surface area contributed by atoms with Crippen LogP contribution in [0, 0.1) is 0 Å². The summed E-state index contributed by atoms with van der Waals surface area (Å²) in [5.74, 6) is 0. The second-order valence-electron chi connectivity index (χ2n) is 0.651. The summed E-state index contributed by atoms with van der Waals surface area (Å²) in [6, 6.07) is 0. The highest BCUT2D eigenvalue weighted by Crippen LogP contribution is 1.99. The van der Waals surface area contributed by atoms with Gasteiger partial charge < -0.3 is 5.11 Å². The number of aliphatic hydroxyl groups excluding tert-OH is 1. The summed E-state index contributed by atoms with van der Waals surface area (Å²) in [4.78, 5) is 0. The van der Waals surface area contributed by atoms with Crippen molar-refractivity contribution >= 4 is 15.5 Å². The average molecular weight is 88.9 g/mol. The fourth-order valence-corrected chi connectivity index (χ4v) is 0.274. The maximum atomic E-state index is 8.05. The van der Waals surface area contributed by atoms with Gasteiger partial charge in [0.15, 0.2) is 0 Å². The molecule has 0 fully saturated rings. The van der Waals surface area contributed by atoms with Gasteiger partial charge in [0.05, 0.1) is 6.35 Å². The van der Waals surface area contributed by atoms with Crippen LogP contribution in [0.25, 0.3) is 0 Å². The van der Waals surface area contributed by atoms with Crippen molar-refractivity contribution in [1.29, 1.82) is 0 Å². The molecular weight excluding hydrogens is 81.8 g/mol. The highest BCUT2D eigenvalue weighted by molar-refractivity contribution is 7.70. The minimum Gasteiger partial charge on any atom is -0.393 e. The van der Waals surface area contributed by atoms with Crippen LogP contribution in [-0.4, -0.2) is 18.5 Å². The van der Waals surface area contributed by atoms with E-state index in [0.29, 0.717) is 14.8 Å². The van der Waals surface area contributed by atoms with Crippen molar-refractivity contribution in [1.82, 2.24) is 0 Å². The number of rotatable bonds is 2. The summed E-state index contributed by atoms with van der Waals surface area (Å²) in [6.45, 7) is 3.90. The third kappa shape index (κ3) is 4.45. The first kappa shape index (κ1) is 5.45. The molecule has 0 saturated heterocycles. The Morgan fingerprint density at radius 1 is 2.00 bits per heavy atom. The van der Waals surface area contributed by atoms with Crippen LogP contribution < -0.4 is 0 Å². The van der Waals surface area contributed by atoms with Crippen LogP contribution in [-0.2, 0) is 0 Å². The zero-order chi connectivity index (χ0) is 4.12. The van der Waals surface area contributed by atoms with Gasteiger partial charge in [0.25, 0.3) is 0 Å². The second kappa shape index (κ2) is 4.45. The molecule has 0 aromatic carbocycles. The molecule has 0 spiro atoms. The van der Waals surface area contributed by atoms with Gasteiger partial charge in [-0.1, -0.05) is 6.82 Å². The lowest BCUT2D eigenvalue weighted by molar-refractivity contribution is 0.374. The molecule has 5 heavy (non-hydrogen) atoms. The minimum atomic E-state index is 0.316. The second-order valence-corrected chi connectivity index (χ2v) is 1.95. The van der Waals surface area contributed by atoms with Gasteiger partial charge in [-0.05, 0) is 0 Å². The summed E-state index contributed by atoms with van der Waals surface area (Å²) in [5, 5.41) is 8.05. The molecule has 0 aliphatic carbocycles. The van der Waals surface area contributed by atoms with E-state index >= 15 is 0 Å².